The van der Waals surface area contributed by atoms with E-state index in [1.165, 1.54) is 0 Å². The number of benzene rings is 1. The number of rotatable bonds is 7. The van der Waals surface area contributed by atoms with Gasteiger partial charge in [-0.05, 0) is 37.9 Å². The fourth-order valence-corrected chi connectivity index (χ4v) is 2.36. The molecule has 0 saturated carbocycles. The fraction of sp³-hybridized carbons (Fsp3) is 0.571. The van der Waals surface area contributed by atoms with Crippen LogP contribution in [0.4, 0.5) is 0 Å². The minimum atomic E-state index is 0.221. The highest BCUT2D eigenvalue weighted by Gasteiger charge is 2.16. The van der Waals surface area contributed by atoms with E-state index in [1.807, 2.05) is 18.2 Å². The van der Waals surface area contributed by atoms with Crippen molar-refractivity contribution in [1.82, 2.24) is 5.32 Å². The molecule has 0 spiro atoms. The minimum absolute atomic E-state index is 0.221. The zero-order chi connectivity index (χ0) is 13.5. The zero-order valence-corrected chi connectivity index (χ0v) is 12.7. The Balaban J connectivity index is 2.80. The molecule has 0 radical (unpaired) electrons. The molecule has 4 heteroatoms. The summed E-state index contributed by atoms with van der Waals surface area (Å²) in [6.07, 6.45) is 2.21. The largest absolute Gasteiger partial charge is 0.382 e. The normalized spacial score (nSPS) is 14.5. The molecule has 0 heterocycles. The summed E-state index contributed by atoms with van der Waals surface area (Å²) in [5.41, 5.74) is 1.06. The van der Waals surface area contributed by atoms with E-state index in [9.17, 15) is 0 Å². The number of halogens is 2. The number of hydrogen-bond acceptors (Lipinski definition) is 2. The Morgan fingerprint density at radius 2 is 2.00 bits per heavy atom. The van der Waals surface area contributed by atoms with Crippen LogP contribution < -0.4 is 5.32 Å². The summed E-state index contributed by atoms with van der Waals surface area (Å²) in [4.78, 5) is 0. The van der Waals surface area contributed by atoms with Gasteiger partial charge >= 0.3 is 0 Å². The Hall–Kier alpha value is -0.280. The Labute approximate surface area is 120 Å². The van der Waals surface area contributed by atoms with E-state index in [-0.39, 0.29) is 12.1 Å². The molecule has 2 atom stereocenters. The molecular weight excluding hydrogens is 269 g/mol. The molecular formula is C14H21Cl2NO. The molecule has 102 valence electrons. The second-order valence-electron chi connectivity index (χ2n) is 4.38. The summed E-state index contributed by atoms with van der Waals surface area (Å²) in [5, 5.41) is 4.70. The van der Waals surface area contributed by atoms with Gasteiger partial charge in [-0.1, -0.05) is 42.3 Å². The van der Waals surface area contributed by atoms with Crippen LogP contribution in [0.1, 0.15) is 38.3 Å². The van der Waals surface area contributed by atoms with Gasteiger partial charge in [0.25, 0.3) is 0 Å². The number of methoxy groups -OCH3 is 1. The summed E-state index contributed by atoms with van der Waals surface area (Å²) in [6.45, 7) is 5.06. The molecule has 0 bridgehead atoms. The van der Waals surface area contributed by atoms with Crippen molar-refractivity contribution in [2.45, 2.75) is 38.8 Å². The second kappa shape index (κ2) is 8.00. The average molecular weight is 290 g/mol. The first-order valence-corrected chi connectivity index (χ1v) is 7.05. The van der Waals surface area contributed by atoms with Crippen LogP contribution in [0, 0.1) is 0 Å². The van der Waals surface area contributed by atoms with Gasteiger partial charge in [-0.3, -0.25) is 0 Å². The maximum absolute atomic E-state index is 6.27. The SMILES string of the molecule is CCNC(CCC(C)OC)c1cccc(Cl)c1Cl. The van der Waals surface area contributed by atoms with Crippen molar-refractivity contribution in [3.8, 4) is 0 Å². The van der Waals surface area contributed by atoms with Crippen molar-refractivity contribution >= 4 is 23.2 Å². The Bertz CT molecular complexity index is 371. The van der Waals surface area contributed by atoms with Crippen LogP contribution in [0.15, 0.2) is 18.2 Å². The van der Waals surface area contributed by atoms with E-state index in [0.717, 1.165) is 24.9 Å². The van der Waals surface area contributed by atoms with Crippen LogP contribution in [0.25, 0.3) is 0 Å². The van der Waals surface area contributed by atoms with Crippen LogP contribution in [0.2, 0.25) is 10.0 Å². The third-order valence-corrected chi connectivity index (χ3v) is 3.91. The third kappa shape index (κ3) is 4.43. The Morgan fingerprint density at radius 1 is 1.28 bits per heavy atom. The fourth-order valence-electron chi connectivity index (χ4n) is 1.92. The maximum Gasteiger partial charge on any atom is 0.0640 e. The molecule has 0 aliphatic carbocycles. The van der Waals surface area contributed by atoms with Gasteiger partial charge in [0.05, 0.1) is 16.1 Å². The molecule has 0 aliphatic heterocycles. The summed E-state index contributed by atoms with van der Waals surface area (Å²) in [7, 11) is 1.74. The van der Waals surface area contributed by atoms with Gasteiger partial charge < -0.3 is 10.1 Å². The Morgan fingerprint density at radius 3 is 2.61 bits per heavy atom. The zero-order valence-electron chi connectivity index (χ0n) is 11.2. The van der Waals surface area contributed by atoms with Gasteiger partial charge in [0, 0.05) is 13.2 Å². The van der Waals surface area contributed by atoms with Crippen molar-refractivity contribution in [3.63, 3.8) is 0 Å². The summed E-state index contributed by atoms with van der Waals surface area (Å²) in [6, 6.07) is 6.00. The number of ether oxygens (including phenoxy) is 1. The average Bonchev–Trinajstić information content (AvgIpc) is 2.37. The smallest absolute Gasteiger partial charge is 0.0640 e. The van der Waals surface area contributed by atoms with Crippen molar-refractivity contribution in [1.29, 1.82) is 0 Å². The topological polar surface area (TPSA) is 21.3 Å². The number of nitrogens with one attached hydrogen (secondary N) is 1. The first-order chi connectivity index (χ1) is 8.60. The van der Waals surface area contributed by atoms with E-state index < -0.39 is 0 Å². The highest BCUT2D eigenvalue weighted by Crippen LogP contribution is 2.32. The first-order valence-electron chi connectivity index (χ1n) is 6.30. The molecule has 2 unspecified atom stereocenters. The lowest BCUT2D eigenvalue weighted by Gasteiger charge is -2.21. The standard InChI is InChI=1S/C14H21Cl2NO/c1-4-17-13(9-8-10(2)18-3)11-6-5-7-12(15)14(11)16/h5-7,10,13,17H,4,8-9H2,1-3H3. The molecule has 1 N–H and O–H groups in total. The molecule has 18 heavy (non-hydrogen) atoms. The molecule has 0 aromatic heterocycles. The van der Waals surface area contributed by atoms with E-state index in [2.05, 4.69) is 19.2 Å². The predicted octanol–water partition coefficient (Wildman–Crippen LogP) is 4.46. The second-order valence-corrected chi connectivity index (χ2v) is 5.16. The maximum atomic E-state index is 6.27. The van der Waals surface area contributed by atoms with Gasteiger partial charge in [0.15, 0.2) is 0 Å². The van der Waals surface area contributed by atoms with Crippen molar-refractivity contribution in [2.24, 2.45) is 0 Å². The van der Waals surface area contributed by atoms with E-state index in [4.69, 9.17) is 27.9 Å². The molecule has 0 saturated heterocycles. The van der Waals surface area contributed by atoms with Crippen molar-refractivity contribution < 1.29 is 4.74 Å². The van der Waals surface area contributed by atoms with Crippen LogP contribution in [0.3, 0.4) is 0 Å². The van der Waals surface area contributed by atoms with Crippen LogP contribution >= 0.6 is 23.2 Å². The van der Waals surface area contributed by atoms with Gasteiger partial charge in [0.2, 0.25) is 0 Å². The van der Waals surface area contributed by atoms with Crippen molar-refractivity contribution in [3.05, 3.63) is 33.8 Å². The molecule has 0 amide bonds. The number of hydrogen-bond donors (Lipinski definition) is 1. The van der Waals surface area contributed by atoms with Crippen LogP contribution in [-0.2, 0) is 4.74 Å². The lowest BCUT2D eigenvalue weighted by Crippen LogP contribution is -2.22. The lowest BCUT2D eigenvalue weighted by molar-refractivity contribution is 0.106. The summed E-state index contributed by atoms with van der Waals surface area (Å²) >= 11 is 12.3. The van der Waals surface area contributed by atoms with Gasteiger partial charge in [-0.25, -0.2) is 0 Å². The van der Waals surface area contributed by atoms with E-state index in [0.29, 0.717) is 10.0 Å². The minimum Gasteiger partial charge on any atom is -0.382 e. The van der Waals surface area contributed by atoms with Crippen molar-refractivity contribution in [2.75, 3.05) is 13.7 Å². The van der Waals surface area contributed by atoms with Gasteiger partial charge in [0.1, 0.15) is 0 Å². The molecule has 0 fully saturated rings. The third-order valence-electron chi connectivity index (χ3n) is 3.07. The van der Waals surface area contributed by atoms with Gasteiger partial charge in [-0.2, -0.15) is 0 Å². The molecule has 1 aromatic rings. The quantitative estimate of drug-likeness (QED) is 0.800. The molecule has 2 nitrogen and oxygen atoms in total. The monoisotopic (exact) mass is 289 g/mol. The molecule has 1 rings (SSSR count). The Kier molecular flexibility index (Phi) is 7.02. The van der Waals surface area contributed by atoms with Crippen LogP contribution in [-0.4, -0.2) is 19.8 Å². The highest BCUT2D eigenvalue weighted by molar-refractivity contribution is 6.42. The molecule has 0 aliphatic rings. The summed E-state index contributed by atoms with van der Waals surface area (Å²) < 4.78 is 5.28. The van der Waals surface area contributed by atoms with E-state index in [1.54, 1.807) is 7.11 Å². The van der Waals surface area contributed by atoms with E-state index >= 15 is 0 Å². The van der Waals surface area contributed by atoms with Crippen LogP contribution in [0.5, 0.6) is 0 Å². The highest BCUT2D eigenvalue weighted by atomic mass is 35.5. The predicted molar refractivity (Wildman–Crippen MR) is 78.6 cm³/mol. The van der Waals surface area contributed by atoms with Gasteiger partial charge in [-0.15, -0.1) is 0 Å². The summed E-state index contributed by atoms with van der Waals surface area (Å²) in [5.74, 6) is 0. The molecule has 1 aromatic carbocycles. The lowest BCUT2D eigenvalue weighted by atomic mass is 10.00. The first kappa shape index (κ1) is 15.8.